The summed E-state index contributed by atoms with van der Waals surface area (Å²) in [6.07, 6.45) is 3.15. The van der Waals surface area contributed by atoms with Gasteiger partial charge in [0, 0.05) is 31.4 Å². The average Bonchev–Trinajstić information content (AvgIpc) is 2.95. The number of sulfonamides is 1. The number of aliphatic hydroxyl groups excluding tert-OH is 1. The predicted molar refractivity (Wildman–Crippen MR) is 83.8 cm³/mol. The van der Waals surface area contributed by atoms with Crippen LogP contribution in [-0.2, 0) is 10.0 Å². The first-order valence-electron chi connectivity index (χ1n) is 7.56. The first-order valence-corrected chi connectivity index (χ1v) is 9.00. The Morgan fingerprint density at radius 3 is 2.67 bits per heavy atom. The van der Waals surface area contributed by atoms with E-state index in [9.17, 15) is 8.42 Å². The molecule has 1 aromatic rings. The molecular formula is C15H24N2O3S. The molecule has 1 saturated heterocycles. The van der Waals surface area contributed by atoms with Gasteiger partial charge in [0.1, 0.15) is 0 Å². The first kappa shape index (κ1) is 16.3. The van der Waals surface area contributed by atoms with Crippen molar-refractivity contribution >= 4 is 15.7 Å². The van der Waals surface area contributed by atoms with Gasteiger partial charge >= 0.3 is 0 Å². The summed E-state index contributed by atoms with van der Waals surface area (Å²) in [7, 11) is -3.43. The SMILES string of the molecule is CCNc1ccc(S(=O)(=O)N2CCCC2CCCO)cc1. The molecule has 0 bridgehead atoms. The summed E-state index contributed by atoms with van der Waals surface area (Å²) in [5.41, 5.74) is 0.926. The summed E-state index contributed by atoms with van der Waals surface area (Å²) in [6, 6.07) is 6.95. The fraction of sp³-hybridized carbons (Fsp3) is 0.600. The number of anilines is 1. The molecule has 5 nitrogen and oxygen atoms in total. The zero-order chi connectivity index (χ0) is 15.3. The summed E-state index contributed by atoms with van der Waals surface area (Å²) in [6.45, 7) is 3.50. The molecule has 0 spiro atoms. The van der Waals surface area contributed by atoms with Crippen molar-refractivity contribution in [3.8, 4) is 0 Å². The topological polar surface area (TPSA) is 69.6 Å². The second-order valence-corrected chi connectivity index (χ2v) is 7.22. The number of nitrogens with zero attached hydrogens (tertiary/aromatic N) is 1. The Morgan fingerprint density at radius 1 is 1.33 bits per heavy atom. The highest BCUT2D eigenvalue weighted by Gasteiger charge is 2.34. The van der Waals surface area contributed by atoms with Crippen molar-refractivity contribution in [1.29, 1.82) is 0 Å². The fourth-order valence-electron chi connectivity index (χ4n) is 2.83. The van der Waals surface area contributed by atoms with Gasteiger partial charge < -0.3 is 10.4 Å². The van der Waals surface area contributed by atoms with Gasteiger partial charge in [0.15, 0.2) is 0 Å². The molecule has 0 radical (unpaired) electrons. The molecule has 1 atom stereocenters. The van der Waals surface area contributed by atoms with Gasteiger partial charge in [-0.3, -0.25) is 0 Å². The van der Waals surface area contributed by atoms with Crippen molar-refractivity contribution in [3.05, 3.63) is 24.3 Å². The fourth-order valence-corrected chi connectivity index (χ4v) is 4.55. The van der Waals surface area contributed by atoms with Crippen LogP contribution in [0, 0.1) is 0 Å². The minimum absolute atomic E-state index is 0.0237. The molecular weight excluding hydrogens is 288 g/mol. The molecule has 2 rings (SSSR count). The van der Waals surface area contributed by atoms with Gasteiger partial charge in [-0.1, -0.05) is 0 Å². The van der Waals surface area contributed by atoms with Crippen molar-refractivity contribution in [2.45, 2.75) is 43.5 Å². The third kappa shape index (κ3) is 3.75. The van der Waals surface area contributed by atoms with Crippen LogP contribution in [0.25, 0.3) is 0 Å². The number of benzene rings is 1. The average molecular weight is 312 g/mol. The lowest BCUT2D eigenvalue weighted by Crippen LogP contribution is -2.35. The zero-order valence-corrected chi connectivity index (χ0v) is 13.3. The van der Waals surface area contributed by atoms with E-state index in [0.717, 1.165) is 31.5 Å². The second-order valence-electron chi connectivity index (χ2n) is 5.33. The van der Waals surface area contributed by atoms with E-state index in [1.807, 2.05) is 6.92 Å². The first-order chi connectivity index (χ1) is 10.1. The highest BCUT2D eigenvalue weighted by atomic mass is 32.2. The summed E-state index contributed by atoms with van der Waals surface area (Å²) in [4.78, 5) is 0.347. The van der Waals surface area contributed by atoms with Gasteiger partial charge in [0.25, 0.3) is 0 Å². The minimum Gasteiger partial charge on any atom is -0.396 e. The van der Waals surface area contributed by atoms with Crippen molar-refractivity contribution in [2.75, 3.05) is 25.0 Å². The number of hydrogen-bond donors (Lipinski definition) is 2. The standard InChI is InChI=1S/C15H24N2O3S/c1-2-16-13-7-9-15(10-8-13)21(19,20)17-11-3-5-14(17)6-4-12-18/h7-10,14,16,18H,2-6,11-12H2,1H3. The van der Waals surface area contributed by atoms with Crippen molar-refractivity contribution in [1.82, 2.24) is 4.31 Å². The van der Waals surface area contributed by atoms with Crippen LogP contribution in [0.2, 0.25) is 0 Å². The lowest BCUT2D eigenvalue weighted by atomic mass is 10.1. The van der Waals surface area contributed by atoms with Crippen molar-refractivity contribution < 1.29 is 13.5 Å². The molecule has 1 unspecified atom stereocenters. The molecule has 0 aliphatic carbocycles. The van der Waals surface area contributed by atoms with Crippen molar-refractivity contribution in [2.24, 2.45) is 0 Å². The van der Waals surface area contributed by atoms with Crippen LogP contribution in [0.4, 0.5) is 5.69 Å². The molecule has 1 fully saturated rings. The highest BCUT2D eigenvalue weighted by Crippen LogP contribution is 2.29. The number of aliphatic hydroxyl groups is 1. The van der Waals surface area contributed by atoms with E-state index < -0.39 is 10.0 Å². The maximum absolute atomic E-state index is 12.7. The summed E-state index contributed by atoms with van der Waals surface area (Å²) in [5, 5.41) is 12.1. The van der Waals surface area contributed by atoms with E-state index >= 15 is 0 Å². The Bertz CT molecular complexity index is 543. The van der Waals surface area contributed by atoms with Gasteiger partial charge in [-0.2, -0.15) is 4.31 Å². The Hall–Kier alpha value is -1.11. The second kappa shape index (κ2) is 7.24. The van der Waals surface area contributed by atoms with Crippen LogP contribution in [0.5, 0.6) is 0 Å². The molecule has 0 saturated carbocycles. The number of hydrogen-bond acceptors (Lipinski definition) is 4. The molecule has 0 amide bonds. The molecule has 1 aromatic carbocycles. The van der Waals surface area contributed by atoms with Crippen LogP contribution in [0.15, 0.2) is 29.2 Å². The molecule has 0 aromatic heterocycles. The lowest BCUT2D eigenvalue weighted by molar-refractivity contribution is 0.264. The predicted octanol–water partition coefficient (Wildman–Crippen LogP) is 2.04. The molecule has 1 aliphatic rings. The monoisotopic (exact) mass is 312 g/mol. The normalized spacial score (nSPS) is 19.8. The lowest BCUT2D eigenvalue weighted by Gasteiger charge is -2.24. The zero-order valence-electron chi connectivity index (χ0n) is 12.5. The largest absolute Gasteiger partial charge is 0.396 e. The van der Waals surface area contributed by atoms with E-state index in [4.69, 9.17) is 5.11 Å². The van der Waals surface area contributed by atoms with E-state index in [2.05, 4.69) is 5.32 Å². The van der Waals surface area contributed by atoms with Crippen LogP contribution in [0.3, 0.4) is 0 Å². The molecule has 2 N–H and O–H groups in total. The highest BCUT2D eigenvalue weighted by molar-refractivity contribution is 7.89. The van der Waals surface area contributed by atoms with E-state index in [1.165, 1.54) is 0 Å². The van der Waals surface area contributed by atoms with Gasteiger partial charge in [0.05, 0.1) is 4.90 Å². The van der Waals surface area contributed by atoms with Gasteiger partial charge in [0.2, 0.25) is 10.0 Å². The van der Waals surface area contributed by atoms with Crippen LogP contribution in [-0.4, -0.2) is 43.6 Å². The maximum Gasteiger partial charge on any atom is 0.243 e. The summed E-state index contributed by atoms with van der Waals surface area (Å²) < 4.78 is 27.0. The molecule has 118 valence electrons. The van der Waals surface area contributed by atoms with Gasteiger partial charge in [-0.25, -0.2) is 8.42 Å². The van der Waals surface area contributed by atoms with E-state index in [1.54, 1.807) is 28.6 Å². The van der Waals surface area contributed by atoms with Gasteiger partial charge in [-0.15, -0.1) is 0 Å². The quantitative estimate of drug-likeness (QED) is 0.808. The summed E-state index contributed by atoms with van der Waals surface area (Å²) >= 11 is 0. The summed E-state index contributed by atoms with van der Waals surface area (Å²) in [5.74, 6) is 0. The van der Waals surface area contributed by atoms with Crippen LogP contribution < -0.4 is 5.32 Å². The van der Waals surface area contributed by atoms with E-state index in [-0.39, 0.29) is 12.6 Å². The Kier molecular flexibility index (Phi) is 5.61. The molecule has 21 heavy (non-hydrogen) atoms. The van der Waals surface area contributed by atoms with Crippen molar-refractivity contribution in [3.63, 3.8) is 0 Å². The van der Waals surface area contributed by atoms with E-state index in [0.29, 0.717) is 17.9 Å². The van der Waals surface area contributed by atoms with Crippen LogP contribution >= 0.6 is 0 Å². The minimum atomic E-state index is -3.43. The third-order valence-corrected chi connectivity index (χ3v) is 5.83. The Labute approximate surface area is 127 Å². The molecule has 1 aliphatic heterocycles. The smallest absolute Gasteiger partial charge is 0.243 e. The third-order valence-electron chi connectivity index (χ3n) is 3.86. The Morgan fingerprint density at radius 2 is 2.05 bits per heavy atom. The molecule has 6 heteroatoms. The maximum atomic E-state index is 12.7. The van der Waals surface area contributed by atoms with Gasteiger partial charge in [-0.05, 0) is 56.9 Å². The Balaban J connectivity index is 2.16. The van der Waals surface area contributed by atoms with Crippen LogP contribution in [0.1, 0.15) is 32.6 Å². The molecule has 1 heterocycles. The number of nitrogens with one attached hydrogen (secondary N) is 1. The number of rotatable bonds is 7.